The van der Waals surface area contributed by atoms with E-state index < -0.39 is 0 Å². The fourth-order valence-corrected chi connectivity index (χ4v) is 1.85. The fourth-order valence-electron chi connectivity index (χ4n) is 1.32. The first-order valence-electron chi connectivity index (χ1n) is 5.42. The van der Waals surface area contributed by atoms with Gasteiger partial charge in [-0.25, -0.2) is 0 Å². The summed E-state index contributed by atoms with van der Waals surface area (Å²) in [7, 11) is 0. The average Bonchev–Trinajstić information content (AvgIpc) is 2.22. The summed E-state index contributed by atoms with van der Waals surface area (Å²) in [5.74, 6) is -0.0453. The van der Waals surface area contributed by atoms with Crippen molar-refractivity contribution in [1.29, 1.82) is 0 Å². The van der Waals surface area contributed by atoms with Crippen LogP contribution < -0.4 is 10.6 Å². The summed E-state index contributed by atoms with van der Waals surface area (Å²) in [5, 5.41) is 6.52. The molecule has 1 atom stereocenters. The second kappa shape index (κ2) is 6.26. The van der Waals surface area contributed by atoms with Crippen molar-refractivity contribution >= 4 is 39.1 Å². The van der Waals surface area contributed by atoms with E-state index in [1.165, 1.54) is 0 Å². The molecule has 0 aliphatic carbocycles. The SMILES string of the molecule is CC(C)NC(=O)C(C)Nc1cc(Br)ccc1Cl. The van der Waals surface area contributed by atoms with Gasteiger partial charge in [0, 0.05) is 10.5 Å². The lowest BCUT2D eigenvalue weighted by Gasteiger charge is -2.18. The minimum Gasteiger partial charge on any atom is -0.373 e. The normalized spacial score (nSPS) is 12.4. The Kier molecular flexibility index (Phi) is 5.28. The van der Waals surface area contributed by atoms with E-state index >= 15 is 0 Å². The number of benzene rings is 1. The van der Waals surface area contributed by atoms with Gasteiger partial charge in [0.25, 0.3) is 0 Å². The van der Waals surface area contributed by atoms with Crippen LogP contribution in [0.1, 0.15) is 20.8 Å². The predicted molar refractivity (Wildman–Crippen MR) is 75.5 cm³/mol. The monoisotopic (exact) mass is 318 g/mol. The van der Waals surface area contributed by atoms with Crippen molar-refractivity contribution in [2.24, 2.45) is 0 Å². The summed E-state index contributed by atoms with van der Waals surface area (Å²) in [6.45, 7) is 5.66. The Labute approximate surface area is 115 Å². The zero-order valence-corrected chi connectivity index (χ0v) is 12.4. The molecule has 0 saturated carbocycles. The van der Waals surface area contributed by atoms with Gasteiger partial charge in [-0.2, -0.15) is 0 Å². The van der Waals surface area contributed by atoms with Crippen LogP contribution in [0, 0.1) is 0 Å². The van der Waals surface area contributed by atoms with Crippen LogP contribution in [0.3, 0.4) is 0 Å². The van der Waals surface area contributed by atoms with E-state index in [9.17, 15) is 4.79 Å². The average molecular weight is 320 g/mol. The van der Waals surface area contributed by atoms with Gasteiger partial charge in [0.2, 0.25) is 5.91 Å². The van der Waals surface area contributed by atoms with Crippen LogP contribution in [0.5, 0.6) is 0 Å². The van der Waals surface area contributed by atoms with Gasteiger partial charge in [-0.05, 0) is 39.0 Å². The van der Waals surface area contributed by atoms with Crippen LogP contribution in [0.2, 0.25) is 5.02 Å². The third kappa shape index (κ3) is 4.56. The zero-order chi connectivity index (χ0) is 13.0. The molecule has 0 aromatic heterocycles. The molecule has 0 bridgehead atoms. The summed E-state index contributed by atoms with van der Waals surface area (Å²) < 4.78 is 0.917. The molecular weight excluding hydrogens is 304 g/mol. The van der Waals surface area contributed by atoms with Gasteiger partial charge in [-0.3, -0.25) is 4.79 Å². The molecule has 1 unspecified atom stereocenters. The number of hydrogen-bond donors (Lipinski definition) is 2. The molecule has 94 valence electrons. The van der Waals surface area contributed by atoms with Crippen molar-refractivity contribution < 1.29 is 4.79 Å². The number of halogens is 2. The molecule has 0 heterocycles. The molecule has 0 aliphatic heterocycles. The Hall–Kier alpha value is -0.740. The van der Waals surface area contributed by atoms with Gasteiger partial charge in [0.15, 0.2) is 0 Å². The van der Waals surface area contributed by atoms with Crippen LogP contribution in [-0.2, 0) is 4.79 Å². The van der Waals surface area contributed by atoms with E-state index in [0.29, 0.717) is 5.02 Å². The Balaban J connectivity index is 2.70. The van der Waals surface area contributed by atoms with E-state index in [-0.39, 0.29) is 18.0 Å². The fraction of sp³-hybridized carbons (Fsp3) is 0.417. The Morgan fingerprint density at radius 3 is 2.59 bits per heavy atom. The lowest BCUT2D eigenvalue weighted by atomic mass is 10.2. The van der Waals surface area contributed by atoms with Gasteiger partial charge in [-0.1, -0.05) is 27.5 Å². The molecule has 5 heteroatoms. The highest BCUT2D eigenvalue weighted by atomic mass is 79.9. The standard InChI is InChI=1S/C12H16BrClN2O/c1-7(2)15-12(17)8(3)16-11-6-9(13)4-5-10(11)14/h4-8,16H,1-3H3,(H,15,17). The maximum absolute atomic E-state index is 11.7. The maximum atomic E-state index is 11.7. The summed E-state index contributed by atoms with van der Waals surface area (Å²) in [4.78, 5) is 11.7. The molecule has 2 N–H and O–H groups in total. The molecule has 17 heavy (non-hydrogen) atoms. The highest BCUT2D eigenvalue weighted by molar-refractivity contribution is 9.10. The van der Waals surface area contributed by atoms with Gasteiger partial charge < -0.3 is 10.6 Å². The van der Waals surface area contributed by atoms with Crippen LogP contribution in [0.15, 0.2) is 22.7 Å². The van der Waals surface area contributed by atoms with E-state index in [0.717, 1.165) is 10.2 Å². The minimum absolute atomic E-state index is 0.0453. The first-order chi connectivity index (χ1) is 7.90. The number of rotatable bonds is 4. The molecule has 1 aromatic carbocycles. The van der Waals surface area contributed by atoms with Crippen LogP contribution in [0.4, 0.5) is 5.69 Å². The summed E-state index contributed by atoms with van der Waals surface area (Å²) in [6.07, 6.45) is 0. The third-order valence-corrected chi connectivity index (χ3v) is 2.95. The topological polar surface area (TPSA) is 41.1 Å². The lowest BCUT2D eigenvalue weighted by molar-refractivity contribution is -0.122. The van der Waals surface area contributed by atoms with Crippen molar-refractivity contribution in [3.05, 3.63) is 27.7 Å². The first-order valence-corrected chi connectivity index (χ1v) is 6.59. The largest absolute Gasteiger partial charge is 0.373 e. The lowest BCUT2D eigenvalue weighted by Crippen LogP contribution is -2.41. The van der Waals surface area contributed by atoms with E-state index in [2.05, 4.69) is 26.6 Å². The zero-order valence-electron chi connectivity index (χ0n) is 10.1. The smallest absolute Gasteiger partial charge is 0.242 e. The molecule has 1 aromatic rings. The number of nitrogens with one attached hydrogen (secondary N) is 2. The molecule has 0 saturated heterocycles. The van der Waals surface area contributed by atoms with Crippen molar-refractivity contribution in [2.45, 2.75) is 32.9 Å². The van der Waals surface area contributed by atoms with Crippen LogP contribution in [0.25, 0.3) is 0 Å². The molecule has 1 amide bonds. The number of carbonyl (C=O) groups is 1. The quantitative estimate of drug-likeness (QED) is 0.893. The third-order valence-electron chi connectivity index (χ3n) is 2.12. The van der Waals surface area contributed by atoms with Crippen molar-refractivity contribution in [3.63, 3.8) is 0 Å². The Bertz CT molecular complexity index is 409. The van der Waals surface area contributed by atoms with Gasteiger partial charge in [0.05, 0.1) is 10.7 Å². The van der Waals surface area contributed by atoms with Crippen LogP contribution >= 0.6 is 27.5 Å². The van der Waals surface area contributed by atoms with Gasteiger partial charge in [-0.15, -0.1) is 0 Å². The molecule has 0 spiro atoms. The Morgan fingerprint density at radius 2 is 2.00 bits per heavy atom. The number of anilines is 1. The summed E-state index contributed by atoms with van der Waals surface area (Å²) in [5.41, 5.74) is 0.743. The first kappa shape index (κ1) is 14.3. The highest BCUT2D eigenvalue weighted by Crippen LogP contribution is 2.26. The number of hydrogen-bond acceptors (Lipinski definition) is 2. The second-order valence-corrected chi connectivity index (χ2v) is 5.48. The van der Waals surface area contributed by atoms with E-state index in [1.54, 1.807) is 13.0 Å². The molecule has 0 aliphatic rings. The minimum atomic E-state index is -0.329. The molecule has 3 nitrogen and oxygen atoms in total. The summed E-state index contributed by atoms with van der Waals surface area (Å²) >= 11 is 9.40. The predicted octanol–water partition coefficient (Wildman–Crippen LogP) is 3.43. The van der Waals surface area contributed by atoms with Gasteiger partial charge in [0.1, 0.15) is 6.04 Å². The molecule has 0 radical (unpaired) electrons. The molecular formula is C12H16BrClN2O. The summed E-state index contributed by atoms with van der Waals surface area (Å²) in [6, 6.07) is 5.28. The molecule has 1 rings (SSSR count). The van der Waals surface area contributed by atoms with Crippen molar-refractivity contribution in [1.82, 2.24) is 5.32 Å². The highest BCUT2D eigenvalue weighted by Gasteiger charge is 2.14. The van der Waals surface area contributed by atoms with E-state index in [4.69, 9.17) is 11.6 Å². The van der Waals surface area contributed by atoms with Crippen LogP contribution in [-0.4, -0.2) is 18.0 Å². The second-order valence-electron chi connectivity index (χ2n) is 4.15. The number of carbonyl (C=O) groups excluding carboxylic acids is 1. The van der Waals surface area contributed by atoms with E-state index in [1.807, 2.05) is 26.0 Å². The Morgan fingerprint density at radius 1 is 1.35 bits per heavy atom. The number of amides is 1. The maximum Gasteiger partial charge on any atom is 0.242 e. The van der Waals surface area contributed by atoms with Gasteiger partial charge >= 0.3 is 0 Å². The molecule has 0 fully saturated rings. The van der Waals surface area contributed by atoms with Crippen molar-refractivity contribution in [3.8, 4) is 0 Å². The van der Waals surface area contributed by atoms with Crippen molar-refractivity contribution in [2.75, 3.05) is 5.32 Å².